The number of hydrogen-bond donors (Lipinski definition) is 0. The predicted molar refractivity (Wildman–Crippen MR) is 26.8 cm³/mol. The van der Waals surface area contributed by atoms with Gasteiger partial charge in [0, 0.05) is 6.29 Å². The van der Waals surface area contributed by atoms with E-state index in [2.05, 4.69) is 6.92 Å². The molecule has 0 atom stereocenters. The molecule has 1 rings (SSSR count). The maximum Gasteiger partial charge on any atom is 2.00 e. The summed E-state index contributed by atoms with van der Waals surface area (Å²) in [6.07, 6.45) is -0.204. The SMILES string of the molecule is [CH2-]C1OCCO1.[I-].[Mg+2]. The molecule has 0 unspecified atom stereocenters. The van der Waals surface area contributed by atoms with Gasteiger partial charge in [0.15, 0.2) is 0 Å². The Labute approximate surface area is 82.5 Å². The molecular weight excluding hydrogens is 231 g/mol. The van der Waals surface area contributed by atoms with Crippen LogP contribution >= 0.6 is 0 Å². The van der Waals surface area contributed by atoms with Crippen molar-refractivity contribution in [1.82, 2.24) is 0 Å². The fraction of sp³-hybridized carbons (Fsp3) is 0.750. The Morgan fingerprint density at radius 1 is 1.25 bits per heavy atom. The minimum atomic E-state index is -0.204. The zero-order valence-corrected chi connectivity index (χ0v) is 8.17. The van der Waals surface area contributed by atoms with E-state index in [-0.39, 0.29) is 53.3 Å². The van der Waals surface area contributed by atoms with E-state index in [9.17, 15) is 0 Å². The molecule has 0 radical (unpaired) electrons. The van der Waals surface area contributed by atoms with Crippen LogP contribution in [0.5, 0.6) is 0 Å². The van der Waals surface area contributed by atoms with E-state index in [4.69, 9.17) is 9.47 Å². The van der Waals surface area contributed by atoms with Gasteiger partial charge in [-0.3, -0.25) is 6.92 Å². The smallest absolute Gasteiger partial charge is 1.00 e. The number of ether oxygens (including phenoxy) is 2. The fourth-order valence-electron chi connectivity index (χ4n) is 0.407. The molecular formula is C4H7IMgO2. The van der Waals surface area contributed by atoms with Crippen molar-refractivity contribution in [3.05, 3.63) is 6.92 Å². The van der Waals surface area contributed by atoms with Crippen LogP contribution in [0.25, 0.3) is 0 Å². The maximum atomic E-state index is 4.82. The van der Waals surface area contributed by atoms with Gasteiger partial charge in [0.1, 0.15) is 0 Å². The predicted octanol–water partition coefficient (Wildman–Crippen LogP) is -3.18. The van der Waals surface area contributed by atoms with E-state index in [0.29, 0.717) is 13.2 Å². The molecule has 0 N–H and O–H groups in total. The fourth-order valence-corrected chi connectivity index (χ4v) is 0.407. The minimum absolute atomic E-state index is 0. The first kappa shape index (κ1) is 12.1. The Bertz CT molecular complexity index is 47.3. The van der Waals surface area contributed by atoms with Gasteiger partial charge in [-0.05, 0) is 0 Å². The van der Waals surface area contributed by atoms with Crippen LogP contribution < -0.4 is 24.0 Å². The molecule has 0 aromatic carbocycles. The van der Waals surface area contributed by atoms with E-state index >= 15 is 0 Å². The summed E-state index contributed by atoms with van der Waals surface area (Å²) in [5.41, 5.74) is 0. The first-order chi connectivity index (χ1) is 2.89. The molecule has 1 fully saturated rings. The second kappa shape index (κ2) is 6.54. The Balaban J connectivity index is 0. The Hall–Kier alpha value is 1.42. The van der Waals surface area contributed by atoms with Crippen molar-refractivity contribution in [2.45, 2.75) is 6.29 Å². The topological polar surface area (TPSA) is 18.5 Å². The Morgan fingerprint density at radius 2 is 1.62 bits per heavy atom. The van der Waals surface area contributed by atoms with E-state index in [1.54, 1.807) is 0 Å². The van der Waals surface area contributed by atoms with Gasteiger partial charge in [-0.2, -0.15) is 0 Å². The van der Waals surface area contributed by atoms with Crippen LogP contribution in [-0.4, -0.2) is 42.6 Å². The standard InChI is InChI=1S/C4H7O2.HI.Mg/c1-4-5-2-3-6-4;;/h4H,1-3H2;1H;/q-1;;+2/p-1. The molecule has 0 aromatic rings. The first-order valence-electron chi connectivity index (χ1n) is 1.96. The number of halogens is 1. The maximum absolute atomic E-state index is 4.82. The van der Waals surface area contributed by atoms with Gasteiger partial charge in [0.05, 0.1) is 13.2 Å². The molecule has 2 nitrogen and oxygen atoms in total. The monoisotopic (exact) mass is 238 g/mol. The summed E-state index contributed by atoms with van der Waals surface area (Å²) in [6.45, 7) is 4.90. The first-order valence-corrected chi connectivity index (χ1v) is 1.96. The molecule has 8 heavy (non-hydrogen) atoms. The van der Waals surface area contributed by atoms with Crippen LogP contribution in [-0.2, 0) is 9.47 Å². The second-order valence-electron chi connectivity index (χ2n) is 1.17. The Morgan fingerprint density at radius 3 is 1.75 bits per heavy atom. The summed E-state index contributed by atoms with van der Waals surface area (Å²) in [7, 11) is 0. The van der Waals surface area contributed by atoms with Crippen LogP contribution in [0.2, 0.25) is 0 Å². The summed E-state index contributed by atoms with van der Waals surface area (Å²) in [5, 5.41) is 0. The van der Waals surface area contributed by atoms with Crippen molar-refractivity contribution in [1.29, 1.82) is 0 Å². The van der Waals surface area contributed by atoms with Crippen molar-refractivity contribution in [2.75, 3.05) is 13.2 Å². The molecule has 0 aromatic heterocycles. The van der Waals surface area contributed by atoms with Gasteiger partial charge in [-0.25, -0.2) is 0 Å². The zero-order valence-electron chi connectivity index (χ0n) is 4.60. The molecule has 0 amide bonds. The summed E-state index contributed by atoms with van der Waals surface area (Å²) in [5.74, 6) is 0. The summed E-state index contributed by atoms with van der Waals surface area (Å²) < 4.78 is 9.64. The summed E-state index contributed by atoms with van der Waals surface area (Å²) >= 11 is 0. The molecule has 1 saturated heterocycles. The van der Waals surface area contributed by atoms with Crippen LogP contribution in [0.15, 0.2) is 0 Å². The van der Waals surface area contributed by atoms with Crippen LogP contribution in [0.1, 0.15) is 0 Å². The molecule has 1 aliphatic heterocycles. The quantitative estimate of drug-likeness (QED) is 0.252. The van der Waals surface area contributed by atoms with E-state index in [0.717, 1.165) is 0 Å². The van der Waals surface area contributed by atoms with Crippen molar-refractivity contribution >= 4 is 23.1 Å². The van der Waals surface area contributed by atoms with Crippen molar-refractivity contribution in [2.24, 2.45) is 0 Å². The van der Waals surface area contributed by atoms with Crippen LogP contribution in [0.3, 0.4) is 0 Å². The van der Waals surface area contributed by atoms with Gasteiger partial charge >= 0.3 is 23.1 Å². The normalized spacial score (nSPS) is 19.1. The molecule has 1 aliphatic rings. The average molecular weight is 238 g/mol. The third-order valence-corrected chi connectivity index (χ3v) is 0.691. The van der Waals surface area contributed by atoms with Crippen molar-refractivity contribution < 1.29 is 33.5 Å². The zero-order chi connectivity index (χ0) is 4.41. The van der Waals surface area contributed by atoms with E-state index in [1.807, 2.05) is 0 Å². The van der Waals surface area contributed by atoms with Crippen LogP contribution in [0.4, 0.5) is 0 Å². The van der Waals surface area contributed by atoms with Crippen LogP contribution in [0, 0.1) is 6.92 Å². The molecule has 4 heteroatoms. The molecule has 1 heterocycles. The summed E-state index contributed by atoms with van der Waals surface area (Å²) in [4.78, 5) is 0. The van der Waals surface area contributed by atoms with Crippen molar-refractivity contribution in [3.8, 4) is 0 Å². The van der Waals surface area contributed by atoms with Gasteiger partial charge in [-0.15, -0.1) is 0 Å². The Kier molecular flexibility index (Phi) is 9.91. The second-order valence-corrected chi connectivity index (χ2v) is 1.17. The number of rotatable bonds is 0. The molecule has 44 valence electrons. The van der Waals surface area contributed by atoms with Gasteiger partial charge < -0.3 is 33.5 Å². The largest absolute Gasteiger partial charge is 2.00 e. The van der Waals surface area contributed by atoms with Crippen molar-refractivity contribution in [3.63, 3.8) is 0 Å². The minimum Gasteiger partial charge on any atom is -1.00 e. The van der Waals surface area contributed by atoms with Gasteiger partial charge in [0.25, 0.3) is 0 Å². The van der Waals surface area contributed by atoms with Gasteiger partial charge in [0.2, 0.25) is 0 Å². The van der Waals surface area contributed by atoms with E-state index in [1.165, 1.54) is 0 Å². The number of hydrogen-bond acceptors (Lipinski definition) is 2. The molecule has 0 bridgehead atoms. The third kappa shape index (κ3) is 4.31. The molecule has 0 saturated carbocycles. The molecule has 0 spiro atoms. The third-order valence-electron chi connectivity index (χ3n) is 0.691. The van der Waals surface area contributed by atoms with Gasteiger partial charge in [-0.1, -0.05) is 0 Å². The average Bonchev–Trinajstić information content (AvgIpc) is 1.86. The van der Waals surface area contributed by atoms with E-state index < -0.39 is 0 Å². The molecule has 0 aliphatic carbocycles. The summed E-state index contributed by atoms with van der Waals surface area (Å²) in [6, 6.07) is 0.